The molecule has 0 bridgehead atoms. The summed E-state index contributed by atoms with van der Waals surface area (Å²) in [5.74, 6) is 2.29. The molecular formula is C26H42N4O2. The topological polar surface area (TPSA) is 66.0 Å². The van der Waals surface area contributed by atoms with Crippen LogP contribution in [0, 0.1) is 5.92 Å². The Morgan fingerprint density at radius 1 is 1.22 bits per heavy atom. The molecular weight excluding hydrogens is 400 g/mol. The molecule has 6 nitrogen and oxygen atoms in total. The SMILES string of the molecule is CCC(CC)C(=O)N1CCC(NC(=NC)NCC2(c3cccc(OC)c3)CCCC2)CC1. The third kappa shape index (κ3) is 5.76. The summed E-state index contributed by atoms with van der Waals surface area (Å²) in [6.07, 6.45) is 8.67. The number of nitrogens with one attached hydrogen (secondary N) is 2. The van der Waals surface area contributed by atoms with E-state index < -0.39 is 0 Å². The van der Waals surface area contributed by atoms with Gasteiger partial charge in [0.15, 0.2) is 5.96 Å². The van der Waals surface area contributed by atoms with E-state index in [9.17, 15) is 4.79 Å². The number of amides is 1. The lowest BCUT2D eigenvalue weighted by atomic mass is 9.78. The molecule has 1 heterocycles. The fourth-order valence-corrected chi connectivity index (χ4v) is 5.35. The van der Waals surface area contributed by atoms with Gasteiger partial charge in [-0.05, 0) is 56.2 Å². The molecule has 0 spiro atoms. The highest BCUT2D eigenvalue weighted by molar-refractivity contribution is 5.80. The van der Waals surface area contributed by atoms with Crippen molar-refractivity contribution in [2.24, 2.45) is 10.9 Å². The highest BCUT2D eigenvalue weighted by Crippen LogP contribution is 2.41. The van der Waals surface area contributed by atoms with Crippen LogP contribution >= 0.6 is 0 Å². The molecule has 1 saturated carbocycles. The second kappa shape index (κ2) is 11.6. The molecule has 2 aliphatic rings. The van der Waals surface area contributed by atoms with Crippen LogP contribution in [0.5, 0.6) is 5.75 Å². The van der Waals surface area contributed by atoms with Crippen molar-refractivity contribution in [1.29, 1.82) is 0 Å². The zero-order valence-electron chi connectivity index (χ0n) is 20.5. The third-order valence-corrected chi connectivity index (χ3v) is 7.54. The van der Waals surface area contributed by atoms with Crippen molar-refractivity contribution >= 4 is 11.9 Å². The number of piperidine rings is 1. The largest absolute Gasteiger partial charge is 0.497 e. The average Bonchev–Trinajstić information content (AvgIpc) is 3.33. The van der Waals surface area contributed by atoms with E-state index in [4.69, 9.17) is 4.74 Å². The number of aliphatic imine (C=N–C) groups is 1. The first-order chi connectivity index (χ1) is 15.5. The van der Waals surface area contributed by atoms with Gasteiger partial charge in [0.2, 0.25) is 5.91 Å². The van der Waals surface area contributed by atoms with Crippen molar-refractivity contribution in [2.45, 2.75) is 76.7 Å². The van der Waals surface area contributed by atoms with E-state index >= 15 is 0 Å². The minimum Gasteiger partial charge on any atom is -0.497 e. The molecule has 1 saturated heterocycles. The lowest BCUT2D eigenvalue weighted by Crippen LogP contribution is -2.52. The molecule has 1 aliphatic heterocycles. The van der Waals surface area contributed by atoms with Gasteiger partial charge < -0.3 is 20.3 Å². The number of benzene rings is 1. The Balaban J connectivity index is 1.55. The Bertz CT molecular complexity index is 761. The maximum Gasteiger partial charge on any atom is 0.225 e. The third-order valence-electron chi connectivity index (χ3n) is 7.54. The Hall–Kier alpha value is -2.24. The van der Waals surface area contributed by atoms with Crippen LogP contribution in [-0.4, -0.2) is 56.6 Å². The molecule has 1 aliphatic carbocycles. The lowest BCUT2D eigenvalue weighted by molar-refractivity contribution is -0.136. The van der Waals surface area contributed by atoms with E-state index in [1.807, 2.05) is 13.1 Å². The minimum atomic E-state index is 0.122. The van der Waals surface area contributed by atoms with Gasteiger partial charge in [0.05, 0.1) is 7.11 Å². The van der Waals surface area contributed by atoms with Gasteiger partial charge in [0.1, 0.15) is 5.75 Å². The first kappa shape index (κ1) is 24.4. The summed E-state index contributed by atoms with van der Waals surface area (Å²) in [7, 11) is 3.57. The number of methoxy groups -OCH3 is 1. The van der Waals surface area contributed by atoms with Crippen LogP contribution in [0.15, 0.2) is 29.3 Å². The normalized spacial score (nSPS) is 19.3. The van der Waals surface area contributed by atoms with Gasteiger partial charge in [-0.2, -0.15) is 0 Å². The molecule has 2 N–H and O–H groups in total. The number of carbonyl (C=O) groups is 1. The molecule has 32 heavy (non-hydrogen) atoms. The smallest absolute Gasteiger partial charge is 0.225 e. The molecule has 0 unspecified atom stereocenters. The van der Waals surface area contributed by atoms with Gasteiger partial charge in [0, 0.05) is 44.1 Å². The quantitative estimate of drug-likeness (QED) is 0.470. The number of ether oxygens (including phenoxy) is 1. The van der Waals surface area contributed by atoms with E-state index in [1.165, 1.54) is 31.2 Å². The van der Waals surface area contributed by atoms with E-state index in [0.717, 1.165) is 57.0 Å². The van der Waals surface area contributed by atoms with Crippen LogP contribution < -0.4 is 15.4 Å². The van der Waals surface area contributed by atoms with E-state index in [2.05, 4.69) is 52.6 Å². The summed E-state index contributed by atoms with van der Waals surface area (Å²) in [6, 6.07) is 8.88. The summed E-state index contributed by atoms with van der Waals surface area (Å²) >= 11 is 0. The first-order valence-electron chi connectivity index (χ1n) is 12.5. The molecule has 2 fully saturated rings. The molecule has 1 aromatic carbocycles. The van der Waals surface area contributed by atoms with Crippen LogP contribution in [-0.2, 0) is 10.2 Å². The Morgan fingerprint density at radius 3 is 2.50 bits per heavy atom. The van der Waals surface area contributed by atoms with Crippen molar-refractivity contribution < 1.29 is 9.53 Å². The van der Waals surface area contributed by atoms with Crippen LogP contribution in [0.25, 0.3) is 0 Å². The standard InChI is InChI=1S/C26H42N4O2/c1-5-20(6-2)24(31)30-16-12-22(13-17-30)29-25(27-3)28-19-26(14-7-8-15-26)21-10-9-11-23(18-21)32-4/h9-11,18,20,22H,5-8,12-17,19H2,1-4H3,(H2,27,28,29). The lowest BCUT2D eigenvalue weighted by Gasteiger charge is -2.35. The maximum absolute atomic E-state index is 12.7. The highest BCUT2D eigenvalue weighted by atomic mass is 16.5. The van der Waals surface area contributed by atoms with Crippen molar-refractivity contribution in [3.63, 3.8) is 0 Å². The predicted octanol–water partition coefficient (Wildman–Crippen LogP) is 4.10. The Labute approximate surface area is 194 Å². The number of rotatable bonds is 8. The maximum atomic E-state index is 12.7. The van der Waals surface area contributed by atoms with Crippen LogP contribution in [0.1, 0.15) is 70.8 Å². The molecule has 6 heteroatoms. The van der Waals surface area contributed by atoms with Crippen molar-refractivity contribution in [3.8, 4) is 5.75 Å². The fraction of sp³-hybridized carbons (Fsp3) is 0.692. The zero-order valence-corrected chi connectivity index (χ0v) is 20.5. The molecule has 0 atom stereocenters. The van der Waals surface area contributed by atoms with Crippen LogP contribution in [0.2, 0.25) is 0 Å². The summed E-state index contributed by atoms with van der Waals surface area (Å²) in [5, 5.41) is 7.24. The number of hydrogen-bond acceptors (Lipinski definition) is 3. The first-order valence-corrected chi connectivity index (χ1v) is 12.5. The Morgan fingerprint density at radius 2 is 1.91 bits per heavy atom. The summed E-state index contributed by atoms with van der Waals surface area (Å²) in [6.45, 7) is 6.75. The number of nitrogens with zero attached hydrogens (tertiary/aromatic N) is 2. The summed E-state index contributed by atoms with van der Waals surface area (Å²) < 4.78 is 5.48. The second-order valence-corrected chi connectivity index (χ2v) is 9.40. The minimum absolute atomic E-state index is 0.122. The average molecular weight is 443 g/mol. The predicted molar refractivity (Wildman–Crippen MR) is 131 cm³/mol. The zero-order chi connectivity index (χ0) is 23.0. The monoisotopic (exact) mass is 442 g/mol. The van der Waals surface area contributed by atoms with Gasteiger partial charge in [-0.15, -0.1) is 0 Å². The van der Waals surface area contributed by atoms with Crippen LogP contribution in [0.4, 0.5) is 0 Å². The fourth-order valence-electron chi connectivity index (χ4n) is 5.35. The number of guanidine groups is 1. The van der Waals surface area contributed by atoms with E-state index in [0.29, 0.717) is 11.9 Å². The van der Waals surface area contributed by atoms with Gasteiger partial charge >= 0.3 is 0 Å². The number of hydrogen-bond donors (Lipinski definition) is 2. The second-order valence-electron chi connectivity index (χ2n) is 9.40. The van der Waals surface area contributed by atoms with E-state index in [-0.39, 0.29) is 11.3 Å². The van der Waals surface area contributed by atoms with Crippen molar-refractivity contribution in [2.75, 3.05) is 33.8 Å². The molecule has 0 aromatic heterocycles. The summed E-state index contributed by atoms with van der Waals surface area (Å²) in [4.78, 5) is 19.2. The Kier molecular flexibility index (Phi) is 8.83. The van der Waals surface area contributed by atoms with Gasteiger partial charge in [0.25, 0.3) is 0 Å². The number of likely N-dealkylation sites (tertiary alicyclic amines) is 1. The molecule has 0 radical (unpaired) electrons. The van der Waals surface area contributed by atoms with Crippen molar-refractivity contribution in [3.05, 3.63) is 29.8 Å². The molecule has 1 amide bonds. The molecule has 3 rings (SSSR count). The van der Waals surface area contributed by atoms with Crippen molar-refractivity contribution in [1.82, 2.24) is 15.5 Å². The van der Waals surface area contributed by atoms with E-state index in [1.54, 1.807) is 7.11 Å². The van der Waals surface area contributed by atoms with Crippen LogP contribution in [0.3, 0.4) is 0 Å². The van der Waals surface area contributed by atoms with Gasteiger partial charge in [-0.1, -0.05) is 38.8 Å². The van der Waals surface area contributed by atoms with Gasteiger partial charge in [-0.3, -0.25) is 9.79 Å². The number of carbonyl (C=O) groups excluding carboxylic acids is 1. The molecule has 178 valence electrons. The molecule has 1 aromatic rings. The summed E-state index contributed by atoms with van der Waals surface area (Å²) in [5.41, 5.74) is 1.47. The van der Waals surface area contributed by atoms with Gasteiger partial charge in [-0.25, -0.2) is 0 Å². The highest BCUT2D eigenvalue weighted by Gasteiger charge is 2.36.